The van der Waals surface area contributed by atoms with E-state index in [9.17, 15) is 14.4 Å². The summed E-state index contributed by atoms with van der Waals surface area (Å²) >= 11 is 0. The standard InChI is InChI=1S/C21H19NO4/c1-2-3-5-14-20(24)26-15-19(23)22-18-13-9-8-12-17(18)21(25)16-10-6-4-7-11-16/h2-14H,15H2,1H3,(H,22,23). The highest BCUT2D eigenvalue weighted by molar-refractivity contribution is 6.13. The quantitative estimate of drug-likeness (QED) is 0.359. The van der Waals surface area contributed by atoms with E-state index in [1.165, 1.54) is 12.2 Å². The minimum Gasteiger partial charge on any atom is -0.452 e. The number of amides is 1. The summed E-state index contributed by atoms with van der Waals surface area (Å²) in [6.45, 7) is 1.38. The second-order valence-corrected chi connectivity index (χ2v) is 5.28. The van der Waals surface area contributed by atoms with Gasteiger partial charge in [-0.1, -0.05) is 60.7 Å². The molecule has 5 heteroatoms. The van der Waals surface area contributed by atoms with Crippen molar-refractivity contribution in [2.45, 2.75) is 6.92 Å². The van der Waals surface area contributed by atoms with Gasteiger partial charge in [-0.05, 0) is 19.1 Å². The molecule has 0 spiro atoms. The van der Waals surface area contributed by atoms with Gasteiger partial charge in [0.05, 0.1) is 5.69 Å². The van der Waals surface area contributed by atoms with Crippen LogP contribution in [0.2, 0.25) is 0 Å². The first-order chi connectivity index (χ1) is 12.6. The molecule has 2 aromatic carbocycles. The van der Waals surface area contributed by atoms with Crippen LogP contribution in [0.3, 0.4) is 0 Å². The first kappa shape index (κ1) is 18.9. The Morgan fingerprint density at radius 1 is 0.962 bits per heavy atom. The molecule has 0 bridgehead atoms. The van der Waals surface area contributed by atoms with Crippen molar-refractivity contribution >= 4 is 23.3 Å². The van der Waals surface area contributed by atoms with E-state index in [0.29, 0.717) is 16.8 Å². The van der Waals surface area contributed by atoms with Crippen molar-refractivity contribution in [2.75, 3.05) is 11.9 Å². The molecule has 1 N–H and O–H groups in total. The van der Waals surface area contributed by atoms with Crippen molar-refractivity contribution in [2.24, 2.45) is 0 Å². The first-order valence-electron chi connectivity index (χ1n) is 8.06. The average Bonchev–Trinajstić information content (AvgIpc) is 2.67. The van der Waals surface area contributed by atoms with Crippen LogP contribution < -0.4 is 5.32 Å². The van der Waals surface area contributed by atoms with Gasteiger partial charge in [0, 0.05) is 17.2 Å². The van der Waals surface area contributed by atoms with E-state index in [2.05, 4.69) is 5.32 Å². The number of ketones is 1. The van der Waals surface area contributed by atoms with Crippen LogP contribution in [0.1, 0.15) is 22.8 Å². The molecule has 0 aromatic heterocycles. The Hall–Kier alpha value is -3.47. The number of carbonyl (C=O) groups excluding carboxylic acids is 3. The molecule has 2 rings (SSSR count). The van der Waals surface area contributed by atoms with Gasteiger partial charge in [0.1, 0.15) is 0 Å². The zero-order chi connectivity index (χ0) is 18.8. The van der Waals surface area contributed by atoms with Crippen LogP contribution >= 0.6 is 0 Å². The third kappa shape index (κ3) is 5.56. The maximum atomic E-state index is 12.6. The van der Waals surface area contributed by atoms with E-state index in [1.54, 1.807) is 60.7 Å². The lowest BCUT2D eigenvalue weighted by atomic mass is 10.0. The summed E-state index contributed by atoms with van der Waals surface area (Å²) in [5.74, 6) is -1.34. The van der Waals surface area contributed by atoms with E-state index in [-0.39, 0.29) is 5.78 Å². The molecular weight excluding hydrogens is 330 g/mol. The number of carbonyl (C=O) groups is 3. The van der Waals surface area contributed by atoms with Crippen LogP contribution in [-0.4, -0.2) is 24.3 Å². The molecule has 26 heavy (non-hydrogen) atoms. The maximum Gasteiger partial charge on any atom is 0.331 e. The summed E-state index contributed by atoms with van der Waals surface area (Å²) in [6.07, 6.45) is 6.18. The molecule has 2 aromatic rings. The van der Waals surface area contributed by atoms with Gasteiger partial charge in [-0.2, -0.15) is 0 Å². The van der Waals surface area contributed by atoms with Gasteiger partial charge in [-0.25, -0.2) is 4.79 Å². The number of hydrogen-bond acceptors (Lipinski definition) is 4. The van der Waals surface area contributed by atoms with Gasteiger partial charge in [0.25, 0.3) is 5.91 Å². The minimum absolute atomic E-state index is 0.201. The smallest absolute Gasteiger partial charge is 0.331 e. The lowest BCUT2D eigenvalue weighted by Gasteiger charge is -2.10. The van der Waals surface area contributed by atoms with Crippen LogP contribution in [0.15, 0.2) is 78.9 Å². The fourth-order valence-corrected chi connectivity index (χ4v) is 2.15. The number of esters is 1. The molecule has 132 valence electrons. The Morgan fingerprint density at radius 3 is 2.38 bits per heavy atom. The zero-order valence-electron chi connectivity index (χ0n) is 14.3. The molecule has 0 aliphatic carbocycles. The van der Waals surface area contributed by atoms with Gasteiger partial charge >= 0.3 is 5.97 Å². The van der Waals surface area contributed by atoms with Gasteiger partial charge < -0.3 is 10.1 Å². The van der Waals surface area contributed by atoms with E-state index in [4.69, 9.17) is 4.74 Å². The third-order valence-electron chi connectivity index (χ3n) is 3.36. The van der Waals surface area contributed by atoms with Gasteiger partial charge in [-0.3, -0.25) is 9.59 Å². The molecule has 0 saturated heterocycles. The Labute approximate surface area is 152 Å². The molecule has 5 nitrogen and oxygen atoms in total. The highest BCUT2D eigenvalue weighted by atomic mass is 16.5. The fourth-order valence-electron chi connectivity index (χ4n) is 2.15. The van der Waals surface area contributed by atoms with Crippen LogP contribution in [-0.2, 0) is 14.3 Å². The molecule has 0 unspecified atom stereocenters. The van der Waals surface area contributed by atoms with Gasteiger partial charge in [0.2, 0.25) is 0 Å². The predicted octanol–water partition coefficient (Wildman–Crippen LogP) is 3.53. The monoisotopic (exact) mass is 349 g/mol. The van der Waals surface area contributed by atoms with E-state index >= 15 is 0 Å². The highest BCUT2D eigenvalue weighted by Gasteiger charge is 2.15. The second-order valence-electron chi connectivity index (χ2n) is 5.28. The number of anilines is 1. The number of benzene rings is 2. The molecule has 0 atom stereocenters. The SMILES string of the molecule is CC=CC=CC(=O)OCC(=O)Nc1ccccc1C(=O)c1ccccc1. The molecular formula is C21H19NO4. The molecule has 0 fully saturated rings. The summed E-state index contributed by atoms with van der Waals surface area (Å²) in [5, 5.41) is 2.61. The van der Waals surface area contributed by atoms with Crippen LogP contribution in [0.25, 0.3) is 0 Å². The Bertz CT molecular complexity index is 838. The van der Waals surface area contributed by atoms with Crippen molar-refractivity contribution in [3.8, 4) is 0 Å². The Kier molecular flexibility index (Phi) is 7.06. The second kappa shape index (κ2) is 9.74. The number of ether oxygens (including phenoxy) is 1. The van der Waals surface area contributed by atoms with E-state index in [0.717, 1.165) is 0 Å². The molecule has 0 aliphatic rings. The molecule has 0 radical (unpaired) electrons. The fraction of sp³-hybridized carbons (Fsp3) is 0.0952. The topological polar surface area (TPSA) is 72.5 Å². The summed E-state index contributed by atoms with van der Waals surface area (Å²) in [7, 11) is 0. The van der Waals surface area contributed by atoms with Crippen LogP contribution in [0.5, 0.6) is 0 Å². The summed E-state index contributed by atoms with van der Waals surface area (Å²) in [5.41, 5.74) is 1.26. The maximum absolute atomic E-state index is 12.6. The largest absolute Gasteiger partial charge is 0.452 e. The number of allylic oxidation sites excluding steroid dienone is 3. The summed E-state index contributed by atoms with van der Waals surface area (Å²) in [4.78, 5) is 36.1. The van der Waals surface area contributed by atoms with Crippen molar-refractivity contribution in [1.29, 1.82) is 0 Å². The summed E-state index contributed by atoms with van der Waals surface area (Å²) in [6, 6.07) is 15.5. The van der Waals surface area contributed by atoms with Crippen molar-refractivity contribution < 1.29 is 19.1 Å². The van der Waals surface area contributed by atoms with Gasteiger partial charge in [-0.15, -0.1) is 0 Å². The molecule has 0 aliphatic heterocycles. The van der Waals surface area contributed by atoms with Crippen LogP contribution in [0.4, 0.5) is 5.69 Å². The van der Waals surface area contributed by atoms with Crippen LogP contribution in [0, 0.1) is 0 Å². The average molecular weight is 349 g/mol. The normalized spacial score (nSPS) is 10.8. The number of para-hydroxylation sites is 1. The van der Waals surface area contributed by atoms with Crippen molar-refractivity contribution in [3.05, 3.63) is 90.0 Å². The molecule has 0 heterocycles. The minimum atomic E-state index is -0.619. The van der Waals surface area contributed by atoms with Gasteiger partial charge in [0.15, 0.2) is 12.4 Å². The van der Waals surface area contributed by atoms with E-state index in [1.807, 2.05) is 13.0 Å². The summed E-state index contributed by atoms with van der Waals surface area (Å²) < 4.78 is 4.85. The predicted molar refractivity (Wildman–Crippen MR) is 99.9 cm³/mol. The van der Waals surface area contributed by atoms with Crippen molar-refractivity contribution in [1.82, 2.24) is 0 Å². The lowest BCUT2D eigenvalue weighted by Crippen LogP contribution is -2.21. The van der Waals surface area contributed by atoms with E-state index < -0.39 is 18.5 Å². The third-order valence-corrected chi connectivity index (χ3v) is 3.36. The first-order valence-corrected chi connectivity index (χ1v) is 8.06. The number of hydrogen-bond donors (Lipinski definition) is 1. The molecule has 1 amide bonds. The number of rotatable bonds is 7. The lowest BCUT2D eigenvalue weighted by molar-refractivity contribution is -0.142. The van der Waals surface area contributed by atoms with Crippen molar-refractivity contribution in [3.63, 3.8) is 0 Å². The Morgan fingerprint density at radius 2 is 1.65 bits per heavy atom. The number of nitrogens with one attached hydrogen (secondary N) is 1. The highest BCUT2D eigenvalue weighted by Crippen LogP contribution is 2.19. The molecule has 0 saturated carbocycles. The zero-order valence-corrected chi connectivity index (χ0v) is 14.3. The Balaban J connectivity index is 2.03.